The number of nitrogens with zero attached hydrogens (tertiary/aromatic N) is 7. The third-order valence-corrected chi connectivity index (χ3v) is 7.53. The highest BCUT2D eigenvalue weighted by atomic mass is 19.4. The first-order valence-electron chi connectivity index (χ1n) is 12.8. The standard InChI is InChI=1S/C25H29F4N9O/c1-14-31-18-5-4-17(32-22(18)37(14)13-25(27,28)29)16-6-9-38-20(16)21(30-3)34-23(35-38)33-19-7-8-36(12-24(19,2)26)15-10-39-11-15/h4-6,9,15,19H,7-8,10-13H2,1-3H3,(H2,30,33,34,35)/t19-,24+/m1/s1. The minimum absolute atomic E-state index is 0.147. The fraction of sp³-hybridized carbons (Fsp3) is 0.520. The molecule has 4 aromatic heterocycles. The maximum atomic E-state index is 15.7. The number of pyridine rings is 1. The van der Waals surface area contributed by atoms with Crippen LogP contribution in [-0.2, 0) is 11.3 Å². The van der Waals surface area contributed by atoms with E-state index in [2.05, 4.69) is 35.6 Å². The second kappa shape index (κ2) is 9.30. The summed E-state index contributed by atoms with van der Waals surface area (Å²) in [7, 11) is 1.71. The van der Waals surface area contributed by atoms with Gasteiger partial charge in [-0.25, -0.2) is 18.9 Å². The molecule has 0 saturated carbocycles. The number of fused-ring (bicyclic) bond motifs is 2. The molecule has 2 fully saturated rings. The zero-order valence-electron chi connectivity index (χ0n) is 21.8. The topological polar surface area (TPSA) is 97.4 Å². The van der Waals surface area contributed by atoms with Crippen LogP contribution in [0.5, 0.6) is 0 Å². The maximum absolute atomic E-state index is 15.7. The van der Waals surface area contributed by atoms with Gasteiger partial charge < -0.3 is 19.9 Å². The number of ether oxygens (including phenoxy) is 1. The summed E-state index contributed by atoms with van der Waals surface area (Å²) in [6.07, 6.45) is -2.10. The van der Waals surface area contributed by atoms with E-state index in [-0.39, 0.29) is 23.5 Å². The summed E-state index contributed by atoms with van der Waals surface area (Å²) < 4.78 is 63.2. The van der Waals surface area contributed by atoms with Gasteiger partial charge in [0.25, 0.3) is 0 Å². The molecular weight excluding hydrogens is 518 g/mol. The molecule has 0 unspecified atom stereocenters. The number of nitrogens with one attached hydrogen (secondary N) is 2. The predicted molar refractivity (Wildman–Crippen MR) is 138 cm³/mol. The summed E-state index contributed by atoms with van der Waals surface area (Å²) in [5.41, 5.74) is 0.718. The number of anilines is 2. The van der Waals surface area contributed by atoms with Crippen molar-refractivity contribution in [2.24, 2.45) is 0 Å². The fourth-order valence-corrected chi connectivity index (χ4v) is 5.41. The minimum Gasteiger partial charge on any atom is -0.378 e. The number of hydrogen-bond acceptors (Lipinski definition) is 8. The highest BCUT2D eigenvalue weighted by Gasteiger charge is 2.43. The summed E-state index contributed by atoms with van der Waals surface area (Å²) in [5.74, 6) is 0.972. The van der Waals surface area contributed by atoms with Crippen molar-refractivity contribution < 1.29 is 22.3 Å². The maximum Gasteiger partial charge on any atom is 0.406 e. The van der Waals surface area contributed by atoms with Gasteiger partial charge in [-0.1, -0.05) is 0 Å². The van der Waals surface area contributed by atoms with E-state index in [0.717, 1.165) is 11.1 Å². The van der Waals surface area contributed by atoms with Crippen molar-refractivity contribution in [3.63, 3.8) is 0 Å². The molecule has 6 heterocycles. The second-order valence-electron chi connectivity index (χ2n) is 10.4. The minimum atomic E-state index is -4.41. The molecule has 0 radical (unpaired) electrons. The Bertz CT molecular complexity index is 1530. The van der Waals surface area contributed by atoms with Crippen molar-refractivity contribution in [2.45, 2.75) is 50.7 Å². The average Bonchev–Trinajstić information content (AvgIpc) is 3.38. The zero-order valence-corrected chi connectivity index (χ0v) is 21.8. The Balaban J connectivity index is 1.31. The Morgan fingerprint density at radius 3 is 2.62 bits per heavy atom. The van der Waals surface area contributed by atoms with Crippen LogP contribution in [0, 0.1) is 6.92 Å². The number of halogens is 4. The van der Waals surface area contributed by atoms with Gasteiger partial charge in [0.2, 0.25) is 5.95 Å². The third kappa shape index (κ3) is 4.75. The normalized spacial score (nSPS) is 22.9. The number of likely N-dealkylation sites (tertiary alicyclic amines) is 1. The first-order valence-corrected chi connectivity index (χ1v) is 12.8. The molecule has 39 heavy (non-hydrogen) atoms. The molecule has 6 rings (SSSR count). The Morgan fingerprint density at radius 1 is 1.15 bits per heavy atom. The molecule has 4 aromatic rings. The number of aryl methyl sites for hydroxylation is 1. The van der Waals surface area contributed by atoms with Crippen LogP contribution in [0.2, 0.25) is 0 Å². The van der Waals surface area contributed by atoms with E-state index in [9.17, 15) is 13.2 Å². The second-order valence-corrected chi connectivity index (χ2v) is 10.4. The smallest absolute Gasteiger partial charge is 0.378 e. The summed E-state index contributed by atoms with van der Waals surface area (Å²) in [4.78, 5) is 15.5. The molecule has 2 saturated heterocycles. The lowest BCUT2D eigenvalue weighted by atomic mass is 9.89. The highest BCUT2D eigenvalue weighted by Crippen LogP contribution is 2.33. The molecule has 10 nitrogen and oxygen atoms in total. The molecule has 0 aliphatic carbocycles. The van der Waals surface area contributed by atoms with Gasteiger partial charge in [-0.15, -0.1) is 5.10 Å². The van der Waals surface area contributed by atoms with Gasteiger partial charge in [0.1, 0.15) is 29.1 Å². The number of alkyl halides is 4. The molecule has 208 valence electrons. The molecule has 0 bridgehead atoms. The number of hydrogen-bond donors (Lipinski definition) is 2. The van der Waals surface area contributed by atoms with E-state index in [0.29, 0.717) is 54.3 Å². The molecule has 2 aliphatic rings. The number of rotatable bonds is 6. The lowest BCUT2D eigenvalue weighted by Crippen LogP contribution is -2.61. The Labute approximate surface area is 221 Å². The molecule has 0 spiro atoms. The monoisotopic (exact) mass is 547 g/mol. The van der Waals surface area contributed by atoms with Gasteiger partial charge in [0, 0.05) is 31.9 Å². The van der Waals surface area contributed by atoms with Crippen molar-refractivity contribution in [3.05, 3.63) is 30.2 Å². The molecule has 14 heteroatoms. The highest BCUT2D eigenvalue weighted by molar-refractivity contribution is 5.89. The molecule has 0 aromatic carbocycles. The number of piperidine rings is 1. The number of aromatic nitrogens is 6. The fourth-order valence-electron chi connectivity index (χ4n) is 5.41. The van der Waals surface area contributed by atoms with Crippen LogP contribution < -0.4 is 10.6 Å². The van der Waals surface area contributed by atoms with Crippen molar-refractivity contribution in [3.8, 4) is 11.3 Å². The lowest BCUT2D eigenvalue weighted by Gasteiger charge is -2.46. The predicted octanol–water partition coefficient (Wildman–Crippen LogP) is 3.67. The van der Waals surface area contributed by atoms with Crippen LogP contribution in [0.15, 0.2) is 24.4 Å². The van der Waals surface area contributed by atoms with Crippen molar-refractivity contribution in [1.29, 1.82) is 0 Å². The molecule has 2 N–H and O–H groups in total. The molecule has 0 amide bonds. The summed E-state index contributed by atoms with van der Waals surface area (Å²) in [5, 5.41) is 10.8. The summed E-state index contributed by atoms with van der Waals surface area (Å²) in [6.45, 7) is 4.27. The van der Waals surface area contributed by atoms with Crippen molar-refractivity contribution >= 4 is 28.4 Å². The van der Waals surface area contributed by atoms with E-state index in [1.165, 1.54) is 6.92 Å². The van der Waals surface area contributed by atoms with Gasteiger partial charge >= 0.3 is 6.18 Å². The van der Waals surface area contributed by atoms with Gasteiger partial charge in [0.05, 0.1) is 31.0 Å². The van der Waals surface area contributed by atoms with E-state index < -0.39 is 24.4 Å². The van der Waals surface area contributed by atoms with Crippen molar-refractivity contribution in [1.82, 2.24) is 34.0 Å². The number of imidazole rings is 1. The Morgan fingerprint density at radius 2 is 1.95 bits per heavy atom. The molecule has 2 atom stereocenters. The van der Waals surface area contributed by atoms with E-state index in [4.69, 9.17) is 4.74 Å². The van der Waals surface area contributed by atoms with Gasteiger partial charge in [0.15, 0.2) is 11.5 Å². The van der Waals surface area contributed by atoms with Crippen LogP contribution in [-0.4, -0.2) is 91.3 Å². The average molecular weight is 548 g/mol. The van der Waals surface area contributed by atoms with Crippen LogP contribution in [0.25, 0.3) is 27.9 Å². The first kappa shape index (κ1) is 25.7. The van der Waals surface area contributed by atoms with Crippen molar-refractivity contribution in [2.75, 3.05) is 44.0 Å². The zero-order chi connectivity index (χ0) is 27.5. The van der Waals surface area contributed by atoms with Gasteiger partial charge in [-0.2, -0.15) is 18.2 Å². The largest absolute Gasteiger partial charge is 0.406 e. The lowest BCUT2D eigenvalue weighted by molar-refractivity contribution is -0.140. The van der Waals surface area contributed by atoms with Crippen LogP contribution in [0.1, 0.15) is 19.2 Å². The first-order chi connectivity index (χ1) is 18.5. The summed E-state index contributed by atoms with van der Waals surface area (Å²) in [6, 6.07) is 4.93. The Kier molecular flexibility index (Phi) is 6.14. The van der Waals surface area contributed by atoms with Gasteiger partial charge in [-0.05, 0) is 38.5 Å². The van der Waals surface area contributed by atoms with E-state index >= 15 is 4.39 Å². The van der Waals surface area contributed by atoms with E-state index in [1.807, 2.05) is 0 Å². The van der Waals surface area contributed by atoms with Gasteiger partial charge in [-0.3, -0.25) is 4.90 Å². The quantitative estimate of drug-likeness (QED) is 0.353. The third-order valence-electron chi connectivity index (χ3n) is 7.53. The summed E-state index contributed by atoms with van der Waals surface area (Å²) >= 11 is 0. The van der Waals surface area contributed by atoms with E-state index in [1.54, 1.807) is 42.9 Å². The molecule has 2 aliphatic heterocycles. The van der Waals surface area contributed by atoms with Crippen LogP contribution in [0.4, 0.5) is 29.3 Å². The van der Waals surface area contributed by atoms with Crippen LogP contribution >= 0.6 is 0 Å². The Hall–Kier alpha value is -3.52. The SMILES string of the molecule is CNc1nc(N[C@@H]2CCN(C3COC3)C[C@]2(C)F)nn2ccc(-c3ccc4nc(C)n(CC(F)(F)F)c4n3)c12. The molecular formula is C25H29F4N9O. The van der Waals surface area contributed by atoms with Crippen LogP contribution in [0.3, 0.4) is 0 Å².